The topological polar surface area (TPSA) is 124 Å². The third-order valence-corrected chi connectivity index (χ3v) is 5.50. The Bertz CT molecular complexity index is 1090. The van der Waals surface area contributed by atoms with Crippen LogP contribution in [0.5, 0.6) is 0 Å². The molecule has 0 fully saturated rings. The van der Waals surface area contributed by atoms with E-state index in [-0.39, 0.29) is 35.9 Å². The first kappa shape index (κ1) is 26.0. The summed E-state index contributed by atoms with van der Waals surface area (Å²) in [6.07, 6.45) is 0.534. The molecule has 1 unspecified atom stereocenters. The molecule has 2 heterocycles. The number of esters is 2. The Morgan fingerprint density at radius 2 is 1.91 bits per heavy atom. The number of aromatic nitrogens is 2. The highest BCUT2D eigenvalue weighted by atomic mass is 35.5. The standard InChI is InChI=1S/C22H26N4O6.ClH/c1-5-26(6-2)10-11-31-22(29)19-16(12-27)23-13(3)17(21(28)30-4)18(19)14-8-7-9-15-20(14)25-32-24-15;/h7-9,12,18,23H,5-6,10-11H2,1-4H3;1H. The summed E-state index contributed by atoms with van der Waals surface area (Å²) in [6.45, 7) is 7.97. The minimum Gasteiger partial charge on any atom is -0.466 e. The number of hydrogen-bond acceptors (Lipinski definition) is 10. The van der Waals surface area contributed by atoms with Gasteiger partial charge in [-0.25, -0.2) is 14.2 Å². The predicted octanol–water partition coefficient (Wildman–Crippen LogP) is 2.12. The lowest BCUT2D eigenvalue weighted by Gasteiger charge is -2.29. The Hall–Kier alpha value is -3.24. The van der Waals surface area contributed by atoms with E-state index < -0.39 is 17.9 Å². The molecule has 0 spiro atoms. The zero-order chi connectivity index (χ0) is 23.3. The normalized spacial score (nSPS) is 15.8. The van der Waals surface area contributed by atoms with Gasteiger partial charge >= 0.3 is 11.9 Å². The number of allylic oxidation sites excluding steroid dienone is 2. The number of benzene rings is 1. The zero-order valence-corrected chi connectivity index (χ0v) is 19.7. The van der Waals surface area contributed by atoms with Gasteiger partial charge in [0, 0.05) is 12.2 Å². The molecule has 3 rings (SSSR count). The zero-order valence-electron chi connectivity index (χ0n) is 18.9. The van der Waals surface area contributed by atoms with Gasteiger partial charge in [0.05, 0.1) is 29.9 Å². The van der Waals surface area contributed by atoms with Crippen LogP contribution in [0.25, 0.3) is 11.0 Å². The van der Waals surface area contributed by atoms with Crippen molar-refractivity contribution in [1.82, 2.24) is 20.5 Å². The quantitative estimate of drug-likeness (QED) is 0.423. The van der Waals surface area contributed by atoms with Crippen LogP contribution in [0.2, 0.25) is 0 Å². The van der Waals surface area contributed by atoms with E-state index in [1.807, 2.05) is 13.8 Å². The molecule has 0 saturated heterocycles. The fourth-order valence-electron chi connectivity index (χ4n) is 3.81. The molecule has 0 bridgehead atoms. The largest absolute Gasteiger partial charge is 0.466 e. The third kappa shape index (κ3) is 5.23. The van der Waals surface area contributed by atoms with Gasteiger partial charge < -0.3 is 19.7 Å². The molecule has 0 aliphatic carbocycles. The molecule has 0 radical (unpaired) electrons. The van der Waals surface area contributed by atoms with Gasteiger partial charge in [-0.2, -0.15) is 0 Å². The van der Waals surface area contributed by atoms with E-state index in [0.29, 0.717) is 35.1 Å². The van der Waals surface area contributed by atoms with E-state index in [2.05, 4.69) is 20.5 Å². The van der Waals surface area contributed by atoms with E-state index in [9.17, 15) is 14.4 Å². The second-order valence-corrected chi connectivity index (χ2v) is 7.18. The maximum Gasteiger partial charge on any atom is 0.337 e. The monoisotopic (exact) mass is 478 g/mol. The lowest BCUT2D eigenvalue weighted by atomic mass is 9.80. The van der Waals surface area contributed by atoms with Gasteiger partial charge in [-0.1, -0.05) is 26.0 Å². The molecular weight excluding hydrogens is 452 g/mol. The number of ether oxygens (including phenoxy) is 2. The number of rotatable bonds is 9. The van der Waals surface area contributed by atoms with Crippen molar-refractivity contribution >= 4 is 41.7 Å². The maximum atomic E-state index is 13.2. The van der Waals surface area contributed by atoms with E-state index in [0.717, 1.165) is 13.1 Å². The summed E-state index contributed by atoms with van der Waals surface area (Å²) in [7, 11) is 1.25. The average Bonchev–Trinajstić information content (AvgIpc) is 3.29. The Kier molecular flexibility index (Phi) is 9.12. The third-order valence-electron chi connectivity index (χ3n) is 5.50. The SMILES string of the molecule is CCN(CC)CCOC(=O)C1=C(C=O)NC(C)=C(C(=O)OC)C1c1cccc2nonc12.Cl. The second-order valence-electron chi connectivity index (χ2n) is 7.18. The van der Waals surface area contributed by atoms with Crippen molar-refractivity contribution in [3.05, 3.63) is 46.3 Å². The molecule has 0 saturated carbocycles. The molecule has 1 aliphatic rings. The molecule has 1 aromatic heterocycles. The van der Waals surface area contributed by atoms with Crippen molar-refractivity contribution < 1.29 is 28.5 Å². The van der Waals surface area contributed by atoms with Crippen molar-refractivity contribution in [3.63, 3.8) is 0 Å². The molecule has 0 amide bonds. The van der Waals surface area contributed by atoms with Gasteiger partial charge in [-0.3, -0.25) is 4.79 Å². The Balaban J connectivity index is 0.00000385. The minimum absolute atomic E-state index is 0. The number of carbonyl (C=O) groups is 3. The summed E-state index contributed by atoms with van der Waals surface area (Å²) in [4.78, 5) is 40.0. The number of aldehydes is 1. The van der Waals surface area contributed by atoms with Crippen LogP contribution in [-0.2, 0) is 23.9 Å². The number of fused-ring (bicyclic) bond motifs is 1. The number of nitrogens with one attached hydrogen (secondary N) is 1. The highest BCUT2D eigenvalue weighted by Gasteiger charge is 2.40. The molecular formula is C22H27ClN4O6. The van der Waals surface area contributed by atoms with Crippen molar-refractivity contribution in [2.24, 2.45) is 0 Å². The summed E-state index contributed by atoms with van der Waals surface area (Å²) in [6, 6.07) is 5.10. The van der Waals surface area contributed by atoms with Crippen LogP contribution in [0.1, 0.15) is 32.3 Å². The Morgan fingerprint density at radius 1 is 1.18 bits per heavy atom. The lowest BCUT2D eigenvalue weighted by molar-refractivity contribution is -0.140. The molecule has 1 aliphatic heterocycles. The number of dihydropyridines is 1. The molecule has 10 nitrogen and oxygen atoms in total. The number of nitrogens with zero attached hydrogens (tertiary/aromatic N) is 3. The number of halogens is 1. The van der Waals surface area contributed by atoms with Gasteiger partial charge in [0.25, 0.3) is 0 Å². The highest BCUT2D eigenvalue weighted by Crippen LogP contribution is 2.41. The van der Waals surface area contributed by atoms with Crippen molar-refractivity contribution in [1.29, 1.82) is 0 Å². The van der Waals surface area contributed by atoms with Crippen LogP contribution in [0.15, 0.2) is 45.4 Å². The number of methoxy groups -OCH3 is 1. The Labute approximate surface area is 197 Å². The fraction of sp³-hybridized carbons (Fsp3) is 0.409. The van der Waals surface area contributed by atoms with Crippen LogP contribution >= 0.6 is 12.4 Å². The van der Waals surface area contributed by atoms with Crippen molar-refractivity contribution in [2.45, 2.75) is 26.7 Å². The van der Waals surface area contributed by atoms with Crippen LogP contribution in [0.4, 0.5) is 0 Å². The van der Waals surface area contributed by atoms with Gasteiger partial charge in [0.15, 0.2) is 6.29 Å². The van der Waals surface area contributed by atoms with Crippen LogP contribution in [0.3, 0.4) is 0 Å². The minimum atomic E-state index is -0.958. The van der Waals surface area contributed by atoms with Crippen LogP contribution < -0.4 is 5.32 Å². The van der Waals surface area contributed by atoms with E-state index in [1.54, 1.807) is 25.1 Å². The summed E-state index contributed by atoms with van der Waals surface area (Å²) in [5.74, 6) is -2.31. The van der Waals surface area contributed by atoms with Gasteiger partial charge in [0.2, 0.25) is 0 Å². The van der Waals surface area contributed by atoms with Crippen LogP contribution in [0, 0.1) is 0 Å². The molecule has 11 heteroatoms. The van der Waals surface area contributed by atoms with E-state index in [1.165, 1.54) is 7.11 Å². The summed E-state index contributed by atoms with van der Waals surface area (Å²) < 4.78 is 15.4. The Morgan fingerprint density at radius 3 is 2.55 bits per heavy atom. The molecule has 178 valence electrons. The van der Waals surface area contributed by atoms with E-state index >= 15 is 0 Å². The first-order valence-corrected chi connectivity index (χ1v) is 10.3. The number of likely N-dealkylation sites (N-methyl/N-ethyl adjacent to an activating group) is 1. The molecule has 2 aromatic rings. The molecule has 1 N–H and O–H groups in total. The van der Waals surface area contributed by atoms with Gasteiger partial charge in [0.1, 0.15) is 17.6 Å². The lowest BCUT2D eigenvalue weighted by Crippen LogP contribution is -2.34. The first-order valence-electron chi connectivity index (χ1n) is 10.3. The predicted molar refractivity (Wildman–Crippen MR) is 121 cm³/mol. The fourth-order valence-corrected chi connectivity index (χ4v) is 3.81. The average molecular weight is 479 g/mol. The van der Waals surface area contributed by atoms with Gasteiger partial charge in [-0.15, -0.1) is 12.4 Å². The number of hydrogen-bond donors (Lipinski definition) is 1. The molecule has 33 heavy (non-hydrogen) atoms. The van der Waals surface area contributed by atoms with E-state index in [4.69, 9.17) is 14.1 Å². The number of carbonyl (C=O) groups excluding carboxylic acids is 3. The maximum absolute atomic E-state index is 13.2. The summed E-state index contributed by atoms with van der Waals surface area (Å²) in [5.41, 5.74) is 1.86. The molecule has 1 aromatic carbocycles. The second kappa shape index (κ2) is 11.6. The molecule has 1 atom stereocenters. The summed E-state index contributed by atoms with van der Waals surface area (Å²) in [5, 5.41) is 10.6. The van der Waals surface area contributed by atoms with Crippen molar-refractivity contribution in [3.8, 4) is 0 Å². The van der Waals surface area contributed by atoms with Gasteiger partial charge in [-0.05, 0) is 42.0 Å². The highest BCUT2D eigenvalue weighted by molar-refractivity contribution is 6.04. The van der Waals surface area contributed by atoms with Crippen molar-refractivity contribution in [2.75, 3.05) is 33.4 Å². The summed E-state index contributed by atoms with van der Waals surface area (Å²) >= 11 is 0. The first-order chi connectivity index (χ1) is 15.5. The smallest absolute Gasteiger partial charge is 0.337 e. The van der Waals surface area contributed by atoms with Crippen LogP contribution in [-0.4, -0.2) is 66.8 Å².